The molecule has 0 aliphatic rings. The Morgan fingerprint density at radius 1 is 1.44 bits per heavy atom. The van der Waals surface area contributed by atoms with Gasteiger partial charge in [-0.25, -0.2) is 0 Å². The van der Waals surface area contributed by atoms with Crippen LogP contribution < -0.4 is 5.32 Å². The molecular weight excluding hydrogens is 228 g/mol. The number of hydrogen-bond donors (Lipinski definition) is 1. The SMILES string of the molecule is CCc1c(CNCCOC)cnn1CCN(C)C. The number of hydrogen-bond acceptors (Lipinski definition) is 4. The molecule has 0 bridgehead atoms. The van der Waals surface area contributed by atoms with Crippen LogP contribution in [0.15, 0.2) is 6.20 Å². The van der Waals surface area contributed by atoms with Crippen LogP contribution >= 0.6 is 0 Å². The second-order valence-corrected chi connectivity index (χ2v) is 4.67. The average molecular weight is 254 g/mol. The normalized spacial score (nSPS) is 11.4. The van der Waals surface area contributed by atoms with E-state index < -0.39 is 0 Å². The van der Waals surface area contributed by atoms with Crippen molar-refractivity contribution in [3.8, 4) is 0 Å². The molecule has 0 atom stereocenters. The monoisotopic (exact) mass is 254 g/mol. The van der Waals surface area contributed by atoms with Gasteiger partial charge in [-0.2, -0.15) is 5.10 Å². The van der Waals surface area contributed by atoms with E-state index in [2.05, 4.69) is 41.0 Å². The second kappa shape index (κ2) is 8.24. The molecular formula is C13H26N4O. The molecule has 5 nitrogen and oxygen atoms in total. The van der Waals surface area contributed by atoms with Gasteiger partial charge in [0.2, 0.25) is 0 Å². The summed E-state index contributed by atoms with van der Waals surface area (Å²) in [5.74, 6) is 0. The maximum atomic E-state index is 5.02. The molecule has 1 N–H and O–H groups in total. The minimum Gasteiger partial charge on any atom is -0.383 e. The number of nitrogens with zero attached hydrogens (tertiary/aromatic N) is 3. The zero-order valence-corrected chi connectivity index (χ0v) is 12.1. The highest BCUT2D eigenvalue weighted by molar-refractivity contribution is 5.17. The molecule has 1 rings (SSSR count). The lowest BCUT2D eigenvalue weighted by Crippen LogP contribution is -2.21. The Balaban J connectivity index is 2.52. The number of methoxy groups -OCH3 is 1. The van der Waals surface area contributed by atoms with Crippen molar-refractivity contribution < 1.29 is 4.74 Å². The Bertz CT molecular complexity index is 336. The molecule has 1 aromatic rings. The summed E-state index contributed by atoms with van der Waals surface area (Å²) in [6.45, 7) is 6.65. The van der Waals surface area contributed by atoms with E-state index >= 15 is 0 Å². The first-order chi connectivity index (χ1) is 8.69. The summed E-state index contributed by atoms with van der Waals surface area (Å²) in [6.07, 6.45) is 3.00. The van der Waals surface area contributed by atoms with Crippen molar-refractivity contribution in [2.24, 2.45) is 0 Å². The van der Waals surface area contributed by atoms with Gasteiger partial charge >= 0.3 is 0 Å². The number of rotatable bonds is 9. The van der Waals surface area contributed by atoms with E-state index in [0.29, 0.717) is 0 Å². The fourth-order valence-electron chi connectivity index (χ4n) is 1.89. The molecule has 1 heterocycles. The van der Waals surface area contributed by atoms with Crippen LogP contribution in [0.25, 0.3) is 0 Å². The molecule has 0 radical (unpaired) electrons. The van der Waals surface area contributed by atoms with Crippen LogP contribution in [-0.2, 0) is 24.2 Å². The van der Waals surface area contributed by atoms with Crippen LogP contribution in [0.5, 0.6) is 0 Å². The van der Waals surface area contributed by atoms with Crippen molar-refractivity contribution in [3.05, 3.63) is 17.5 Å². The van der Waals surface area contributed by atoms with Gasteiger partial charge in [0.05, 0.1) is 19.3 Å². The first kappa shape index (κ1) is 15.1. The molecule has 0 unspecified atom stereocenters. The van der Waals surface area contributed by atoms with Crippen LogP contribution in [0.1, 0.15) is 18.2 Å². The second-order valence-electron chi connectivity index (χ2n) is 4.67. The van der Waals surface area contributed by atoms with Gasteiger partial charge in [-0.1, -0.05) is 6.92 Å². The number of aromatic nitrogens is 2. The molecule has 1 aromatic heterocycles. The van der Waals surface area contributed by atoms with Crippen molar-refractivity contribution in [1.29, 1.82) is 0 Å². The number of nitrogens with one attached hydrogen (secondary N) is 1. The Kier molecular flexibility index (Phi) is 6.93. The van der Waals surface area contributed by atoms with E-state index in [1.807, 2.05) is 6.20 Å². The molecule has 0 spiro atoms. The van der Waals surface area contributed by atoms with Gasteiger partial charge in [0.15, 0.2) is 0 Å². The van der Waals surface area contributed by atoms with E-state index in [1.54, 1.807) is 7.11 Å². The third-order valence-corrected chi connectivity index (χ3v) is 2.93. The first-order valence-electron chi connectivity index (χ1n) is 6.57. The summed E-state index contributed by atoms with van der Waals surface area (Å²) in [7, 11) is 5.89. The molecule has 18 heavy (non-hydrogen) atoms. The average Bonchev–Trinajstić information content (AvgIpc) is 2.74. The fraction of sp³-hybridized carbons (Fsp3) is 0.769. The molecule has 0 aromatic carbocycles. The van der Waals surface area contributed by atoms with Crippen molar-refractivity contribution >= 4 is 0 Å². The van der Waals surface area contributed by atoms with E-state index in [4.69, 9.17) is 4.74 Å². The lowest BCUT2D eigenvalue weighted by atomic mass is 10.2. The number of likely N-dealkylation sites (N-methyl/N-ethyl adjacent to an activating group) is 1. The molecule has 0 amide bonds. The van der Waals surface area contributed by atoms with Gasteiger partial charge in [0, 0.05) is 38.0 Å². The Morgan fingerprint density at radius 2 is 2.22 bits per heavy atom. The summed E-state index contributed by atoms with van der Waals surface area (Å²) >= 11 is 0. The van der Waals surface area contributed by atoms with E-state index in [0.717, 1.165) is 39.2 Å². The van der Waals surface area contributed by atoms with Crippen molar-refractivity contribution in [2.45, 2.75) is 26.4 Å². The lowest BCUT2D eigenvalue weighted by molar-refractivity contribution is 0.199. The molecule has 0 aliphatic heterocycles. The summed E-state index contributed by atoms with van der Waals surface area (Å²) in [5.41, 5.74) is 2.63. The van der Waals surface area contributed by atoms with E-state index in [9.17, 15) is 0 Å². The zero-order chi connectivity index (χ0) is 13.4. The highest BCUT2D eigenvalue weighted by Gasteiger charge is 2.08. The molecule has 0 saturated carbocycles. The largest absolute Gasteiger partial charge is 0.383 e. The first-order valence-corrected chi connectivity index (χ1v) is 6.57. The topological polar surface area (TPSA) is 42.3 Å². The molecule has 104 valence electrons. The maximum absolute atomic E-state index is 5.02. The van der Waals surface area contributed by atoms with Crippen LogP contribution in [0.3, 0.4) is 0 Å². The molecule has 0 aliphatic carbocycles. The predicted molar refractivity (Wildman–Crippen MR) is 73.7 cm³/mol. The Morgan fingerprint density at radius 3 is 2.83 bits per heavy atom. The van der Waals surface area contributed by atoms with Crippen molar-refractivity contribution in [2.75, 3.05) is 40.9 Å². The third kappa shape index (κ3) is 4.76. The third-order valence-electron chi connectivity index (χ3n) is 2.93. The number of ether oxygens (including phenoxy) is 1. The van der Waals surface area contributed by atoms with Crippen LogP contribution in [-0.4, -0.2) is 55.6 Å². The van der Waals surface area contributed by atoms with Gasteiger partial charge < -0.3 is 15.0 Å². The smallest absolute Gasteiger partial charge is 0.0587 e. The predicted octanol–water partition coefficient (Wildman–Crippen LogP) is 0.743. The van der Waals surface area contributed by atoms with Gasteiger partial charge in [-0.3, -0.25) is 4.68 Å². The minimum absolute atomic E-state index is 0.746. The highest BCUT2D eigenvalue weighted by Crippen LogP contribution is 2.09. The van der Waals surface area contributed by atoms with Crippen molar-refractivity contribution in [1.82, 2.24) is 20.0 Å². The van der Waals surface area contributed by atoms with Gasteiger partial charge in [0.25, 0.3) is 0 Å². The van der Waals surface area contributed by atoms with Gasteiger partial charge in [-0.05, 0) is 20.5 Å². The molecule has 0 fully saturated rings. The fourth-order valence-corrected chi connectivity index (χ4v) is 1.89. The summed E-state index contributed by atoms with van der Waals surface area (Å²) in [4.78, 5) is 2.18. The van der Waals surface area contributed by atoms with Crippen LogP contribution in [0.2, 0.25) is 0 Å². The summed E-state index contributed by atoms with van der Waals surface area (Å²) < 4.78 is 7.14. The van der Waals surface area contributed by atoms with Crippen LogP contribution in [0, 0.1) is 0 Å². The van der Waals surface area contributed by atoms with E-state index in [1.165, 1.54) is 11.3 Å². The van der Waals surface area contributed by atoms with E-state index in [-0.39, 0.29) is 0 Å². The molecule has 0 saturated heterocycles. The Hall–Kier alpha value is -0.910. The summed E-state index contributed by atoms with van der Waals surface area (Å²) in [6, 6.07) is 0. The molecule has 5 heteroatoms. The van der Waals surface area contributed by atoms with Crippen LogP contribution in [0.4, 0.5) is 0 Å². The quantitative estimate of drug-likeness (QED) is 0.660. The highest BCUT2D eigenvalue weighted by atomic mass is 16.5. The minimum atomic E-state index is 0.746. The lowest BCUT2D eigenvalue weighted by Gasteiger charge is -2.12. The summed E-state index contributed by atoms with van der Waals surface area (Å²) in [5, 5.41) is 7.84. The standard InChI is InChI=1S/C13H26N4O/c1-5-13-12(10-14-6-9-18-4)11-15-17(13)8-7-16(2)3/h11,14H,5-10H2,1-4H3. The van der Waals surface area contributed by atoms with Gasteiger partial charge in [-0.15, -0.1) is 0 Å². The zero-order valence-electron chi connectivity index (χ0n) is 12.1. The Labute approximate surface area is 110 Å². The maximum Gasteiger partial charge on any atom is 0.0587 e. The van der Waals surface area contributed by atoms with Crippen molar-refractivity contribution in [3.63, 3.8) is 0 Å². The van der Waals surface area contributed by atoms with Gasteiger partial charge in [0.1, 0.15) is 0 Å².